The molecule has 0 radical (unpaired) electrons. The fraction of sp³-hybridized carbons (Fsp3) is 0.625. The number of likely N-dealkylation sites (tertiary alicyclic amines) is 1. The first-order valence-corrected chi connectivity index (χ1v) is 7.77. The van der Waals surface area contributed by atoms with Gasteiger partial charge in [-0.3, -0.25) is 4.90 Å². The Morgan fingerprint density at radius 1 is 1.50 bits per heavy atom. The summed E-state index contributed by atoms with van der Waals surface area (Å²) in [5, 5.41) is 0.829. The van der Waals surface area contributed by atoms with Crippen molar-refractivity contribution in [2.24, 2.45) is 5.73 Å². The maximum atomic E-state index is 6.26. The van der Waals surface area contributed by atoms with E-state index in [9.17, 15) is 0 Å². The fourth-order valence-corrected chi connectivity index (χ4v) is 3.27. The van der Waals surface area contributed by atoms with Crippen molar-refractivity contribution in [3.8, 4) is 0 Å². The van der Waals surface area contributed by atoms with Crippen LogP contribution >= 0.6 is 11.6 Å². The van der Waals surface area contributed by atoms with E-state index in [2.05, 4.69) is 42.1 Å². The molecule has 2 unspecified atom stereocenters. The van der Waals surface area contributed by atoms with Gasteiger partial charge in [-0.2, -0.15) is 0 Å². The maximum absolute atomic E-state index is 6.26. The Morgan fingerprint density at radius 3 is 2.85 bits per heavy atom. The molecular formula is C16H26ClN3. The zero-order chi connectivity index (χ0) is 14.7. The average Bonchev–Trinajstić information content (AvgIpc) is 2.43. The average molecular weight is 296 g/mol. The van der Waals surface area contributed by atoms with Gasteiger partial charge in [0.1, 0.15) is 0 Å². The van der Waals surface area contributed by atoms with Crippen LogP contribution in [0.2, 0.25) is 5.02 Å². The van der Waals surface area contributed by atoms with Gasteiger partial charge in [-0.05, 0) is 57.6 Å². The van der Waals surface area contributed by atoms with Crippen molar-refractivity contribution in [1.82, 2.24) is 9.80 Å². The molecule has 0 aromatic heterocycles. The van der Waals surface area contributed by atoms with Gasteiger partial charge in [0.05, 0.1) is 0 Å². The van der Waals surface area contributed by atoms with E-state index in [0.29, 0.717) is 12.6 Å². The van der Waals surface area contributed by atoms with Crippen molar-refractivity contribution in [2.45, 2.75) is 31.8 Å². The minimum absolute atomic E-state index is 0.240. The van der Waals surface area contributed by atoms with Gasteiger partial charge in [0.25, 0.3) is 0 Å². The van der Waals surface area contributed by atoms with Gasteiger partial charge < -0.3 is 10.6 Å². The molecule has 0 amide bonds. The third-order valence-electron chi connectivity index (χ3n) is 4.47. The number of hydrogen-bond donors (Lipinski definition) is 1. The summed E-state index contributed by atoms with van der Waals surface area (Å²) in [4.78, 5) is 4.83. The molecule has 0 saturated carbocycles. The molecule has 2 N–H and O–H groups in total. The summed E-state index contributed by atoms with van der Waals surface area (Å²) in [6, 6.07) is 7.12. The lowest BCUT2D eigenvalue weighted by Gasteiger charge is -2.40. The zero-order valence-corrected chi connectivity index (χ0v) is 13.5. The molecule has 20 heavy (non-hydrogen) atoms. The van der Waals surface area contributed by atoms with Crippen molar-refractivity contribution in [3.63, 3.8) is 0 Å². The van der Waals surface area contributed by atoms with E-state index >= 15 is 0 Å². The first kappa shape index (κ1) is 15.8. The van der Waals surface area contributed by atoms with Crippen LogP contribution in [-0.4, -0.2) is 49.6 Å². The summed E-state index contributed by atoms with van der Waals surface area (Å²) in [6.07, 6.45) is 2.51. The molecule has 1 aliphatic heterocycles. The number of aryl methyl sites for hydroxylation is 1. The third kappa shape index (κ3) is 3.53. The number of hydrogen-bond acceptors (Lipinski definition) is 3. The van der Waals surface area contributed by atoms with E-state index in [-0.39, 0.29) is 6.04 Å². The molecular weight excluding hydrogens is 270 g/mol. The summed E-state index contributed by atoms with van der Waals surface area (Å²) in [6.45, 7) is 4.97. The molecule has 1 aromatic carbocycles. The SMILES string of the molecule is Cc1ccc(C(CN)N(C)C2CCCN(C)C2)cc1Cl. The summed E-state index contributed by atoms with van der Waals surface area (Å²) >= 11 is 6.26. The molecule has 1 fully saturated rings. The molecule has 1 aromatic rings. The van der Waals surface area contributed by atoms with Crippen LogP contribution in [0.3, 0.4) is 0 Å². The highest BCUT2D eigenvalue weighted by atomic mass is 35.5. The molecule has 3 nitrogen and oxygen atoms in total. The Morgan fingerprint density at radius 2 is 2.25 bits per heavy atom. The summed E-state index contributed by atoms with van der Waals surface area (Å²) < 4.78 is 0. The number of nitrogens with two attached hydrogens (primary N) is 1. The van der Waals surface area contributed by atoms with Crippen molar-refractivity contribution in [1.29, 1.82) is 0 Å². The van der Waals surface area contributed by atoms with Gasteiger partial charge in [0.15, 0.2) is 0 Å². The van der Waals surface area contributed by atoms with Gasteiger partial charge in [0, 0.05) is 30.2 Å². The summed E-state index contributed by atoms with van der Waals surface area (Å²) in [7, 11) is 4.38. The van der Waals surface area contributed by atoms with Crippen molar-refractivity contribution in [3.05, 3.63) is 34.3 Å². The second-order valence-corrected chi connectivity index (χ2v) is 6.39. The van der Waals surface area contributed by atoms with Gasteiger partial charge in [-0.25, -0.2) is 0 Å². The minimum Gasteiger partial charge on any atom is -0.329 e. The van der Waals surface area contributed by atoms with Crippen molar-refractivity contribution in [2.75, 3.05) is 33.7 Å². The van der Waals surface area contributed by atoms with Crippen LogP contribution in [0, 0.1) is 6.92 Å². The largest absolute Gasteiger partial charge is 0.329 e. The van der Waals surface area contributed by atoms with Crippen LogP contribution in [-0.2, 0) is 0 Å². The number of halogens is 1. The van der Waals surface area contributed by atoms with E-state index in [0.717, 1.165) is 17.1 Å². The van der Waals surface area contributed by atoms with Crippen LogP contribution in [0.4, 0.5) is 0 Å². The Labute approximate surface area is 127 Å². The molecule has 2 rings (SSSR count). The zero-order valence-electron chi connectivity index (χ0n) is 12.8. The molecule has 112 valence electrons. The molecule has 4 heteroatoms. The van der Waals surface area contributed by atoms with E-state index < -0.39 is 0 Å². The Bertz CT molecular complexity index is 449. The Kier molecular flexibility index (Phi) is 5.44. The first-order valence-electron chi connectivity index (χ1n) is 7.39. The van der Waals surface area contributed by atoms with Crippen LogP contribution in [0.5, 0.6) is 0 Å². The van der Waals surface area contributed by atoms with E-state index in [1.54, 1.807) is 0 Å². The molecule has 1 aliphatic rings. The second-order valence-electron chi connectivity index (χ2n) is 5.98. The molecule has 2 atom stereocenters. The van der Waals surface area contributed by atoms with Gasteiger partial charge >= 0.3 is 0 Å². The van der Waals surface area contributed by atoms with Gasteiger partial charge in [-0.1, -0.05) is 23.7 Å². The second kappa shape index (κ2) is 6.90. The number of nitrogens with zero attached hydrogens (tertiary/aromatic N) is 2. The first-order chi connectivity index (χ1) is 9.52. The molecule has 0 spiro atoms. The highest BCUT2D eigenvalue weighted by Gasteiger charge is 2.26. The normalized spacial score (nSPS) is 22.2. The van der Waals surface area contributed by atoms with Crippen LogP contribution in [0.15, 0.2) is 18.2 Å². The lowest BCUT2D eigenvalue weighted by Crippen LogP contribution is -2.47. The quantitative estimate of drug-likeness (QED) is 0.927. The topological polar surface area (TPSA) is 32.5 Å². The van der Waals surface area contributed by atoms with Crippen LogP contribution < -0.4 is 5.73 Å². The predicted molar refractivity (Wildman–Crippen MR) is 86.3 cm³/mol. The number of benzene rings is 1. The smallest absolute Gasteiger partial charge is 0.0471 e. The highest BCUT2D eigenvalue weighted by Crippen LogP contribution is 2.27. The number of piperidine rings is 1. The van der Waals surface area contributed by atoms with Gasteiger partial charge in [-0.15, -0.1) is 0 Å². The Balaban J connectivity index is 2.15. The van der Waals surface area contributed by atoms with Crippen molar-refractivity contribution >= 4 is 11.6 Å². The lowest BCUT2D eigenvalue weighted by atomic mass is 9.99. The Hall–Kier alpha value is -0.610. The summed E-state index contributed by atoms with van der Waals surface area (Å²) in [5.41, 5.74) is 8.37. The van der Waals surface area contributed by atoms with Crippen molar-refractivity contribution < 1.29 is 0 Å². The lowest BCUT2D eigenvalue weighted by molar-refractivity contribution is 0.101. The van der Waals surface area contributed by atoms with E-state index in [1.807, 2.05) is 6.92 Å². The fourth-order valence-electron chi connectivity index (χ4n) is 3.08. The number of rotatable bonds is 4. The minimum atomic E-state index is 0.240. The van der Waals surface area contributed by atoms with E-state index in [4.69, 9.17) is 17.3 Å². The third-order valence-corrected chi connectivity index (χ3v) is 4.88. The predicted octanol–water partition coefficient (Wildman–Crippen LogP) is 2.67. The maximum Gasteiger partial charge on any atom is 0.0471 e. The molecule has 1 saturated heterocycles. The molecule has 0 bridgehead atoms. The van der Waals surface area contributed by atoms with Crippen LogP contribution in [0.1, 0.15) is 30.0 Å². The van der Waals surface area contributed by atoms with Crippen LogP contribution in [0.25, 0.3) is 0 Å². The van der Waals surface area contributed by atoms with Gasteiger partial charge in [0.2, 0.25) is 0 Å². The monoisotopic (exact) mass is 295 g/mol. The molecule has 0 aliphatic carbocycles. The highest BCUT2D eigenvalue weighted by molar-refractivity contribution is 6.31. The number of likely N-dealkylation sites (N-methyl/N-ethyl adjacent to an activating group) is 2. The molecule has 1 heterocycles. The summed E-state index contributed by atoms with van der Waals surface area (Å²) in [5.74, 6) is 0. The standard InChI is InChI=1S/C16H26ClN3/c1-12-6-7-13(9-15(12)17)16(10-18)20(3)14-5-4-8-19(2)11-14/h6-7,9,14,16H,4-5,8,10-11,18H2,1-3H3. The van der Waals surface area contributed by atoms with E-state index in [1.165, 1.54) is 24.9 Å².